The molecule has 0 aromatic heterocycles. The quantitative estimate of drug-likeness (QED) is 0.913. The Kier molecular flexibility index (Phi) is 4.05. The van der Waals surface area contributed by atoms with Gasteiger partial charge in [-0.2, -0.15) is 5.26 Å². The average molecular weight is 269 g/mol. The third-order valence-electron chi connectivity index (χ3n) is 4.90. The van der Waals surface area contributed by atoms with Gasteiger partial charge in [0.25, 0.3) is 0 Å². The molecule has 0 spiro atoms. The maximum atomic E-state index is 9.45. The fraction of sp³-hybridized carbons (Fsp3) is 0.588. The first-order valence-corrected chi connectivity index (χ1v) is 7.67. The summed E-state index contributed by atoms with van der Waals surface area (Å²) in [5.41, 5.74) is 1.14. The number of hydrogen-bond donors (Lipinski definition) is 1. The van der Waals surface area contributed by atoms with Crippen molar-refractivity contribution in [3.63, 3.8) is 0 Å². The Morgan fingerprint density at radius 1 is 1.25 bits per heavy atom. The molecule has 2 aliphatic rings. The van der Waals surface area contributed by atoms with Crippen LogP contribution in [-0.2, 0) is 0 Å². The number of nitrogens with zero attached hydrogens (tertiary/aromatic N) is 2. The zero-order valence-corrected chi connectivity index (χ0v) is 12.1. The van der Waals surface area contributed by atoms with E-state index in [9.17, 15) is 5.26 Å². The number of hydrogen-bond acceptors (Lipinski definition) is 3. The third kappa shape index (κ3) is 2.87. The van der Waals surface area contributed by atoms with E-state index in [4.69, 9.17) is 0 Å². The molecule has 2 bridgehead atoms. The molecule has 3 nitrogen and oxygen atoms in total. The minimum absolute atomic E-state index is 0.0197. The van der Waals surface area contributed by atoms with Gasteiger partial charge in [-0.15, -0.1) is 0 Å². The van der Waals surface area contributed by atoms with E-state index in [0.29, 0.717) is 18.1 Å². The van der Waals surface area contributed by atoms with Gasteiger partial charge >= 0.3 is 0 Å². The molecule has 3 unspecified atom stereocenters. The zero-order chi connectivity index (χ0) is 13.9. The zero-order valence-electron chi connectivity index (χ0n) is 12.1. The summed E-state index contributed by atoms with van der Waals surface area (Å²) >= 11 is 0. The van der Waals surface area contributed by atoms with Crippen molar-refractivity contribution >= 4 is 0 Å². The second-order valence-corrected chi connectivity index (χ2v) is 6.30. The van der Waals surface area contributed by atoms with E-state index < -0.39 is 0 Å². The highest BCUT2D eigenvalue weighted by Gasteiger charge is 2.35. The minimum atomic E-state index is -0.0197. The summed E-state index contributed by atoms with van der Waals surface area (Å²) in [4.78, 5) is 2.41. The molecule has 0 amide bonds. The Hall–Kier alpha value is -1.37. The lowest BCUT2D eigenvalue weighted by Crippen LogP contribution is -2.47. The Labute approximate surface area is 121 Å². The highest BCUT2D eigenvalue weighted by atomic mass is 15.2. The van der Waals surface area contributed by atoms with Crippen molar-refractivity contribution in [3.05, 3.63) is 35.9 Å². The predicted molar refractivity (Wildman–Crippen MR) is 80.4 cm³/mol. The molecule has 0 saturated carbocycles. The summed E-state index contributed by atoms with van der Waals surface area (Å²) in [5, 5.41) is 13.1. The molecule has 3 atom stereocenters. The van der Waals surface area contributed by atoms with E-state index in [0.717, 1.165) is 12.1 Å². The maximum absolute atomic E-state index is 9.45. The lowest BCUT2D eigenvalue weighted by atomic mass is 9.95. The van der Waals surface area contributed by atoms with Crippen molar-refractivity contribution < 1.29 is 0 Å². The summed E-state index contributed by atoms with van der Waals surface area (Å²) in [6, 6.07) is 14.7. The molecule has 0 radical (unpaired) electrons. The first kappa shape index (κ1) is 13.6. The molecule has 2 aliphatic heterocycles. The lowest BCUT2D eigenvalue weighted by Gasteiger charge is -2.36. The van der Waals surface area contributed by atoms with Gasteiger partial charge in [0, 0.05) is 24.7 Å². The van der Waals surface area contributed by atoms with Crippen LogP contribution in [0.4, 0.5) is 0 Å². The van der Waals surface area contributed by atoms with E-state index in [1.807, 2.05) is 18.2 Å². The monoisotopic (exact) mass is 269 g/mol. The molecule has 106 valence electrons. The highest BCUT2D eigenvalue weighted by molar-refractivity contribution is 5.25. The largest absolute Gasteiger partial charge is 0.311 e. The van der Waals surface area contributed by atoms with Crippen LogP contribution in [-0.4, -0.2) is 36.6 Å². The minimum Gasteiger partial charge on any atom is -0.311 e. The first-order valence-electron chi connectivity index (χ1n) is 7.67. The number of rotatable bonds is 4. The second kappa shape index (κ2) is 5.95. The van der Waals surface area contributed by atoms with Crippen LogP contribution < -0.4 is 5.32 Å². The molecular weight excluding hydrogens is 246 g/mol. The predicted octanol–water partition coefficient (Wildman–Crippen LogP) is 2.51. The van der Waals surface area contributed by atoms with Crippen molar-refractivity contribution in [2.24, 2.45) is 0 Å². The van der Waals surface area contributed by atoms with E-state index >= 15 is 0 Å². The molecule has 2 saturated heterocycles. The highest BCUT2D eigenvalue weighted by Crippen LogP contribution is 2.30. The van der Waals surface area contributed by atoms with Gasteiger partial charge in [0.05, 0.1) is 12.0 Å². The van der Waals surface area contributed by atoms with Gasteiger partial charge in [0.2, 0.25) is 0 Å². The Morgan fingerprint density at radius 2 is 1.90 bits per heavy atom. The third-order valence-corrected chi connectivity index (χ3v) is 4.90. The van der Waals surface area contributed by atoms with Gasteiger partial charge in [0.1, 0.15) is 0 Å². The molecule has 1 N–H and O–H groups in total. The topological polar surface area (TPSA) is 39.1 Å². The molecule has 0 aliphatic carbocycles. The Balaban J connectivity index is 1.63. The van der Waals surface area contributed by atoms with Crippen molar-refractivity contribution in [1.29, 1.82) is 5.26 Å². The van der Waals surface area contributed by atoms with Crippen LogP contribution in [0.15, 0.2) is 30.3 Å². The smallest absolute Gasteiger partial charge is 0.0839 e. The SMILES string of the molecule is CN(CC(C#N)c1ccccc1)C1CC2CCC(C1)N2. The molecule has 20 heavy (non-hydrogen) atoms. The fourth-order valence-electron chi connectivity index (χ4n) is 3.73. The van der Waals surface area contributed by atoms with E-state index in [1.54, 1.807) is 0 Å². The van der Waals surface area contributed by atoms with Crippen LogP contribution in [0, 0.1) is 11.3 Å². The number of nitriles is 1. The van der Waals surface area contributed by atoms with E-state index in [1.165, 1.54) is 25.7 Å². The first-order chi connectivity index (χ1) is 9.76. The molecule has 3 heteroatoms. The number of fused-ring (bicyclic) bond motifs is 2. The normalized spacial score (nSPS) is 30.1. The van der Waals surface area contributed by atoms with Gasteiger partial charge in [0.15, 0.2) is 0 Å². The number of likely N-dealkylation sites (N-methyl/N-ethyl adjacent to an activating group) is 1. The van der Waals surface area contributed by atoms with Crippen LogP contribution in [0.25, 0.3) is 0 Å². The van der Waals surface area contributed by atoms with Crippen LogP contribution in [0.1, 0.15) is 37.2 Å². The van der Waals surface area contributed by atoms with E-state index in [-0.39, 0.29) is 5.92 Å². The van der Waals surface area contributed by atoms with Crippen LogP contribution in [0.5, 0.6) is 0 Å². The van der Waals surface area contributed by atoms with Crippen LogP contribution >= 0.6 is 0 Å². The van der Waals surface area contributed by atoms with Crippen molar-refractivity contribution in [1.82, 2.24) is 10.2 Å². The molecule has 1 aromatic carbocycles. The summed E-state index contributed by atoms with van der Waals surface area (Å²) in [7, 11) is 2.18. The fourth-order valence-corrected chi connectivity index (χ4v) is 3.73. The Bertz CT molecular complexity index is 467. The standard InChI is InChI=1S/C17H23N3/c1-20(17-9-15-7-8-16(10-17)19-15)12-14(11-18)13-5-3-2-4-6-13/h2-6,14-17,19H,7-10,12H2,1H3. The maximum Gasteiger partial charge on any atom is 0.0839 e. The van der Waals surface area contributed by atoms with Gasteiger partial charge in [-0.05, 0) is 38.3 Å². The van der Waals surface area contributed by atoms with Crippen LogP contribution in [0.2, 0.25) is 0 Å². The molecule has 1 aromatic rings. The van der Waals surface area contributed by atoms with Crippen LogP contribution in [0.3, 0.4) is 0 Å². The lowest BCUT2D eigenvalue weighted by molar-refractivity contribution is 0.170. The summed E-state index contributed by atoms with van der Waals surface area (Å²) in [6.07, 6.45) is 5.13. The van der Waals surface area contributed by atoms with Gasteiger partial charge in [-0.25, -0.2) is 0 Å². The molecule has 2 heterocycles. The van der Waals surface area contributed by atoms with Crippen molar-refractivity contribution in [2.75, 3.05) is 13.6 Å². The number of nitrogens with one attached hydrogen (secondary N) is 1. The van der Waals surface area contributed by atoms with Gasteiger partial charge in [-0.3, -0.25) is 0 Å². The van der Waals surface area contributed by atoms with Gasteiger partial charge in [-0.1, -0.05) is 30.3 Å². The Morgan fingerprint density at radius 3 is 2.50 bits per heavy atom. The second-order valence-electron chi connectivity index (χ2n) is 6.30. The van der Waals surface area contributed by atoms with Gasteiger partial charge < -0.3 is 10.2 Å². The number of piperidine rings is 1. The molecule has 3 rings (SSSR count). The van der Waals surface area contributed by atoms with E-state index in [2.05, 4.69) is 35.5 Å². The van der Waals surface area contributed by atoms with Crippen molar-refractivity contribution in [2.45, 2.75) is 49.7 Å². The summed E-state index contributed by atoms with van der Waals surface area (Å²) in [5.74, 6) is -0.0197. The average Bonchev–Trinajstić information content (AvgIpc) is 2.83. The number of benzene rings is 1. The molecular formula is C17H23N3. The van der Waals surface area contributed by atoms with Crippen molar-refractivity contribution in [3.8, 4) is 6.07 Å². The molecule has 2 fully saturated rings. The summed E-state index contributed by atoms with van der Waals surface area (Å²) < 4.78 is 0. The summed E-state index contributed by atoms with van der Waals surface area (Å²) in [6.45, 7) is 0.838.